The second-order valence-electron chi connectivity index (χ2n) is 6.59. The van der Waals surface area contributed by atoms with Gasteiger partial charge in [-0.05, 0) is 19.9 Å². The zero-order chi connectivity index (χ0) is 20.7. The number of carbonyl (C=O) groups excluding carboxylic acids is 2. The first-order chi connectivity index (χ1) is 13.9. The molecule has 0 spiro atoms. The minimum Gasteiger partial charge on any atom is -0.447 e. The summed E-state index contributed by atoms with van der Waals surface area (Å²) in [6.45, 7) is 3.89. The molecule has 4 aromatic rings. The number of aryl methyl sites for hydroxylation is 1. The maximum atomic E-state index is 12.5. The average molecular weight is 390 g/mol. The summed E-state index contributed by atoms with van der Waals surface area (Å²) in [5.41, 5.74) is 14.1. The Morgan fingerprint density at radius 2 is 1.86 bits per heavy atom. The SMILES string of the molecule is Cc1nn(Cc2ncco2)c(C)c1-c1c(C(N)=O)nc2ccccc2c1C(N)=O. The number of hydrogen-bond donors (Lipinski definition) is 2. The standard InChI is InChI=1S/C20H18N6O3/c1-10-15(11(2)26(25-10)9-14-23-7-8-29-14)17-16(19(21)27)12-5-3-4-6-13(12)24-18(17)20(22)28/h3-8H,9H2,1-2H3,(H2,21,27)(H2,22,28). The monoisotopic (exact) mass is 390 g/mol. The Bertz CT molecular complexity index is 1260. The van der Waals surface area contributed by atoms with E-state index in [1.807, 2.05) is 6.92 Å². The van der Waals surface area contributed by atoms with E-state index in [1.165, 1.54) is 6.26 Å². The largest absolute Gasteiger partial charge is 0.447 e. The predicted molar refractivity (Wildman–Crippen MR) is 105 cm³/mol. The van der Waals surface area contributed by atoms with E-state index in [4.69, 9.17) is 15.9 Å². The van der Waals surface area contributed by atoms with E-state index in [0.717, 1.165) is 0 Å². The van der Waals surface area contributed by atoms with Gasteiger partial charge in [-0.1, -0.05) is 18.2 Å². The second-order valence-corrected chi connectivity index (χ2v) is 6.59. The van der Waals surface area contributed by atoms with E-state index in [2.05, 4.69) is 15.1 Å². The molecule has 9 nitrogen and oxygen atoms in total. The quantitative estimate of drug-likeness (QED) is 0.533. The zero-order valence-electron chi connectivity index (χ0n) is 15.8. The van der Waals surface area contributed by atoms with Gasteiger partial charge in [0.1, 0.15) is 18.5 Å². The Morgan fingerprint density at radius 3 is 2.52 bits per heavy atom. The third-order valence-electron chi connectivity index (χ3n) is 4.77. The van der Waals surface area contributed by atoms with Crippen LogP contribution in [0.25, 0.3) is 22.0 Å². The fourth-order valence-corrected chi connectivity index (χ4v) is 3.56. The van der Waals surface area contributed by atoms with Crippen molar-refractivity contribution >= 4 is 22.7 Å². The van der Waals surface area contributed by atoms with Crippen molar-refractivity contribution in [1.29, 1.82) is 0 Å². The third kappa shape index (κ3) is 3.02. The summed E-state index contributed by atoms with van der Waals surface area (Å²) < 4.78 is 6.98. The Kier molecular flexibility index (Phi) is 4.34. The van der Waals surface area contributed by atoms with Crippen LogP contribution in [0.2, 0.25) is 0 Å². The van der Waals surface area contributed by atoms with Crippen LogP contribution in [-0.2, 0) is 6.54 Å². The highest BCUT2D eigenvalue weighted by Crippen LogP contribution is 2.36. The molecule has 0 atom stereocenters. The maximum Gasteiger partial charge on any atom is 0.267 e. The van der Waals surface area contributed by atoms with Gasteiger partial charge < -0.3 is 15.9 Å². The van der Waals surface area contributed by atoms with Crippen LogP contribution in [0.4, 0.5) is 0 Å². The van der Waals surface area contributed by atoms with Gasteiger partial charge in [0.15, 0.2) is 0 Å². The number of oxazole rings is 1. The van der Waals surface area contributed by atoms with Gasteiger partial charge in [-0.25, -0.2) is 9.97 Å². The lowest BCUT2D eigenvalue weighted by molar-refractivity contribution is 0.0996. The molecule has 1 aromatic carbocycles. The van der Waals surface area contributed by atoms with Crippen LogP contribution < -0.4 is 11.5 Å². The lowest BCUT2D eigenvalue weighted by Gasteiger charge is -2.14. The molecule has 0 aliphatic carbocycles. The molecule has 146 valence electrons. The predicted octanol–water partition coefficient (Wildman–Crippen LogP) is 1.95. The highest BCUT2D eigenvalue weighted by molar-refractivity contribution is 6.15. The Balaban J connectivity index is 2.04. The number of para-hydroxylation sites is 1. The normalized spacial score (nSPS) is 11.1. The van der Waals surface area contributed by atoms with Gasteiger partial charge in [0.05, 0.1) is 23.0 Å². The van der Waals surface area contributed by atoms with Crippen LogP contribution in [0.15, 0.2) is 41.1 Å². The van der Waals surface area contributed by atoms with Crippen molar-refractivity contribution in [3.63, 3.8) is 0 Å². The number of hydrogen-bond acceptors (Lipinski definition) is 6. The first-order valence-corrected chi connectivity index (χ1v) is 8.83. The molecule has 3 heterocycles. The summed E-state index contributed by atoms with van der Waals surface area (Å²) in [5.74, 6) is -0.961. The van der Waals surface area contributed by atoms with Crippen molar-refractivity contribution in [1.82, 2.24) is 19.7 Å². The molecule has 0 saturated heterocycles. The highest BCUT2D eigenvalue weighted by atomic mass is 16.3. The van der Waals surface area contributed by atoms with Gasteiger partial charge in [-0.3, -0.25) is 14.3 Å². The molecule has 0 unspecified atom stereocenters. The minimum absolute atomic E-state index is 0.0284. The van der Waals surface area contributed by atoms with E-state index >= 15 is 0 Å². The second kappa shape index (κ2) is 6.86. The average Bonchev–Trinajstić information content (AvgIpc) is 3.28. The van der Waals surface area contributed by atoms with E-state index < -0.39 is 11.8 Å². The van der Waals surface area contributed by atoms with Crippen molar-refractivity contribution in [3.8, 4) is 11.1 Å². The number of aromatic nitrogens is 4. The van der Waals surface area contributed by atoms with Crippen molar-refractivity contribution in [2.24, 2.45) is 11.5 Å². The molecule has 4 N–H and O–H groups in total. The number of nitrogens with two attached hydrogens (primary N) is 2. The van der Waals surface area contributed by atoms with Gasteiger partial charge in [-0.2, -0.15) is 5.10 Å². The van der Waals surface area contributed by atoms with E-state index in [9.17, 15) is 9.59 Å². The number of rotatable bonds is 5. The lowest BCUT2D eigenvalue weighted by atomic mass is 9.92. The molecule has 0 aliphatic rings. The van der Waals surface area contributed by atoms with Crippen LogP contribution in [0, 0.1) is 13.8 Å². The van der Waals surface area contributed by atoms with Gasteiger partial charge in [0, 0.05) is 22.2 Å². The molecule has 9 heteroatoms. The number of carbonyl (C=O) groups is 2. The molecule has 0 aliphatic heterocycles. The summed E-state index contributed by atoms with van der Waals surface area (Å²) >= 11 is 0. The molecule has 0 bridgehead atoms. The fourth-order valence-electron chi connectivity index (χ4n) is 3.56. The lowest BCUT2D eigenvalue weighted by Crippen LogP contribution is -2.21. The molecular weight excluding hydrogens is 372 g/mol. The smallest absolute Gasteiger partial charge is 0.267 e. The first kappa shape index (κ1) is 18.4. The van der Waals surface area contributed by atoms with E-state index in [1.54, 1.807) is 42.1 Å². The number of amides is 2. The highest BCUT2D eigenvalue weighted by Gasteiger charge is 2.27. The van der Waals surface area contributed by atoms with Gasteiger partial charge in [0.2, 0.25) is 11.8 Å². The Hall–Kier alpha value is -4.01. The third-order valence-corrected chi connectivity index (χ3v) is 4.77. The Labute approximate surface area is 165 Å². The summed E-state index contributed by atoms with van der Waals surface area (Å²) in [4.78, 5) is 33.2. The summed E-state index contributed by atoms with van der Waals surface area (Å²) in [7, 11) is 0. The zero-order valence-corrected chi connectivity index (χ0v) is 15.8. The number of nitrogens with zero attached hydrogens (tertiary/aromatic N) is 4. The number of primary amides is 2. The van der Waals surface area contributed by atoms with Crippen molar-refractivity contribution in [3.05, 3.63) is 65.3 Å². The van der Waals surface area contributed by atoms with E-state index in [0.29, 0.717) is 40.3 Å². The number of fused-ring (bicyclic) bond motifs is 1. The molecule has 3 aromatic heterocycles. The molecule has 2 amide bonds. The van der Waals surface area contributed by atoms with E-state index in [-0.39, 0.29) is 16.8 Å². The number of pyridine rings is 1. The van der Waals surface area contributed by atoms with Crippen molar-refractivity contribution in [2.45, 2.75) is 20.4 Å². The first-order valence-electron chi connectivity index (χ1n) is 8.83. The summed E-state index contributed by atoms with van der Waals surface area (Å²) in [6, 6.07) is 6.97. The molecule has 0 radical (unpaired) electrons. The van der Waals surface area contributed by atoms with Crippen LogP contribution in [0.5, 0.6) is 0 Å². The summed E-state index contributed by atoms with van der Waals surface area (Å²) in [5, 5.41) is 5.07. The number of benzene rings is 1. The minimum atomic E-state index is -0.757. The molecule has 0 fully saturated rings. The Morgan fingerprint density at radius 1 is 1.10 bits per heavy atom. The fraction of sp³-hybridized carbons (Fsp3) is 0.150. The van der Waals surface area contributed by atoms with Gasteiger partial charge >= 0.3 is 0 Å². The topological polar surface area (TPSA) is 143 Å². The molecular formula is C20H18N6O3. The van der Waals surface area contributed by atoms with Crippen LogP contribution >= 0.6 is 0 Å². The van der Waals surface area contributed by atoms with Crippen LogP contribution in [-0.4, -0.2) is 31.6 Å². The maximum absolute atomic E-state index is 12.5. The molecule has 4 rings (SSSR count). The van der Waals surface area contributed by atoms with Gasteiger partial charge in [0.25, 0.3) is 5.91 Å². The van der Waals surface area contributed by atoms with Gasteiger partial charge in [-0.15, -0.1) is 0 Å². The van der Waals surface area contributed by atoms with Crippen molar-refractivity contribution < 1.29 is 14.0 Å². The molecule has 0 saturated carbocycles. The summed E-state index contributed by atoms with van der Waals surface area (Å²) in [6.07, 6.45) is 3.02. The van der Waals surface area contributed by atoms with Crippen LogP contribution in [0.3, 0.4) is 0 Å². The van der Waals surface area contributed by atoms with Crippen LogP contribution in [0.1, 0.15) is 38.1 Å². The van der Waals surface area contributed by atoms with Crippen molar-refractivity contribution in [2.75, 3.05) is 0 Å². The molecule has 29 heavy (non-hydrogen) atoms.